The maximum Gasteiger partial charge on any atom is 0.263 e. The number of anilines is 1. The number of methoxy groups -OCH3 is 1. The number of aromatic nitrogens is 2. The molecule has 30 heavy (non-hydrogen) atoms. The molecule has 8 heteroatoms. The van der Waals surface area contributed by atoms with E-state index < -0.39 is 10.0 Å². The Balaban J connectivity index is 1.86. The van der Waals surface area contributed by atoms with E-state index in [0.717, 1.165) is 0 Å². The number of benzene rings is 3. The van der Waals surface area contributed by atoms with Crippen LogP contribution in [0.3, 0.4) is 0 Å². The average molecular weight is 440 g/mol. The molecule has 0 saturated carbocycles. The van der Waals surface area contributed by atoms with Crippen molar-refractivity contribution in [1.82, 2.24) is 9.78 Å². The zero-order valence-corrected chi connectivity index (χ0v) is 17.6. The molecule has 0 fully saturated rings. The van der Waals surface area contributed by atoms with Crippen LogP contribution >= 0.6 is 11.6 Å². The fourth-order valence-electron chi connectivity index (χ4n) is 3.05. The smallest absolute Gasteiger partial charge is 0.263 e. The minimum absolute atomic E-state index is 0.147. The van der Waals surface area contributed by atoms with Crippen LogP contribution in [-0.4, -0.2) is 25.3 Å². The maximum atomic E-state index is 12.9. The lowest BCUT2D eigenvalue weighted by molar-refractivity contribution is 0.416. The van der Waals surface area contributed by atoms with Gasteiger partial charge in [0.25, 0.3) is 10.0 Å². The van der Waals surface area contributed by atoms with Gasteiger partial charge in [-0.05, 0) is 36.4 Å². The standard InChI is InChI=1S/C22H18ClN3O3S/c1-29-21-13-6-5-12-19(21)20-15-26(17-9-7-8-16(23)14-17)24-22(20)25-30(27,28)18-10-3-2-4-11-18/h2-15H,1H3,(H,24,25). The summed E-state index contributed by atoms with van der Waals surface area (Å²) in [6.45, 7) is 0. The van der Waals surface area contributed by atoms with Gasteiger partial charge in [-0.15, -0.1) is 5.10 Å². The molecule has 0 aliphatic rings. The lowest BCUT2D eigenvalue weighted by atomic mass is 10.1. The summed E-state index contributed by atoms with van der Waals surface area (Å²) in [6.07, 6.45) is 1.74. The molecule has 3 aromatic carbocycles. The van der Waals surface area contributed by atoms with E-state index in [4.69, 9.17) is 16.3 Å². The van der Waals surface area contributed by atoms with Gasteiger partial charge >= 0.3 is 0 Å². The molecule has 0 aliphatic heterocycles. The van der Waals surface area contributed by atoms with Crippen molar-refractivity contribution in [3.05, 3.63) is 90.1 Å². The molecule has 1 heterocycles. The van der Waals surface area contributed by atoms with Gasteiger partial charge in [-0.25, -0.2) is 13.1 Å². The summed E-state index contributed by atoms with van der Waals surface area (Å²) in [5, 5.41) is 5.05. The van der Waals surface area contributed by atoms with Gasteiger partial charge in [-0.2, -0.15) is 0 Å². The Bertz CT molecular complexity index is 1290. The molecular formula is C22H18ClN3O3S. The molecule has 4 aromatic rings. The summed E-state index contributed by atoms with van der Waals surface area (Å²) in [4.78, 5) is 0.147. The molecule has 0 unspecified atom stereocenters. The summed E-state index contributed by atoms with van der Waals surface area (Å²) in [5.74, 6) is 0.784. The SMILES string of the molecule is COc1ccccc1-c1cn(-c2cccc(Cl)c2)nc1NS(=O)(=O)c1ccccc1. The van der Waals surface area contributed by atoms with Crippen LogP contribution in [0.1, 0.15) is 0 Å². The monoisotopic (exact) mass is 439 g/mol. The van der Waals surface area contributed by atoms with Crippen molar-refractivity contribution >= 4 is 27.4 Å². The quantitative estimate of drug-likeness (QED) is 0.458. The van der Waals surface area contributed by atoms with Crippen LogP contribution in [0.4, 0.5) is 5.82 Å². The highest BCUT2D eigenvalue weighted by Crippen LogP contribution is 2.36. The predicted octanol–water partition coefficient (Wildman–Crippen LogP) is 5.00. The first kappa shape index (κ1) is 20.0. The first-order valence-corrected chi connectivity index (χ1v) is 10.9. The number of para-hydroxylation sites is 1. The minimum atomic E-state index is -3.83. The topological polar surface area (TPSA) is 73.2 Å². The number of rotatable bonds is 6. The van der Waals surface area contributed by atoms with Crippen molar-refractivity contribution in [1.29, 1.82) is 0 Å². The van der Waals surface area contributed by atoms with Crippen molar-refractivity contribution in [2.24, 2.45) is 0 Å². The van der Waals surface area contributed by atoms with E-state index in [-0.39, 0.29) is 10.7 Å². The Hall–Kier alpha value is -3.29. The fraction of sp³-hybridized carbons (Fsp3) is 0.0455. The van der Waals surface area contributed by atoms with E-state index in [2.05, 4.69) is 9.82 Å². The maximum absolute atomic E-state index is 12.9. The second-order valence-corrected chi connectivity index (χ2v) is 8.55. The average Bonchev–Trinajstić information content (AvgIpc) is 3.17. The first-order chi connectivity index (χ1) is 14.5. The third kappa shape index (κ3) is 4.03. The molecular weight excluding hydrogens is 422 g/mol. The van der Waals surface area contributed by atoms with Crippen molar-refractivity contribution in [3.63, 3.8) is 0 Å². The third-order valence-electron chi connectivity index (χ3n) is 4.47. The van der Waals surface area contributed by atoms with E-state index in [9.17, 15) is 8.42 Å². The van der Waals surface area contributed by atoms with Crippen LogP contribution in [0.15, 0.2) is 90.0 Å². The summed E-state index contributed by atoms with van der Waals surface area (Å²) < 4.78 is 35.5. The van der Waals surface area contributed by atoms with Gasteiger partial charge in [0, 0.05) is 22.3 Å². The molecule has 0 aliphatic carbocycles. The molecule has 0 atom stereocenters. The van der Waals surface area contributed by atoms with Crippen molar-refractivity contribution in [2.45, 2.75) is 4.90 Å². The summed E-state index contributed by atoms with van der Waals surface area (Å²) in [6, 6.07) is 22.6. The number of ether oxygens (including phenoxy) is 1. The Morgan fingerprint density at radius 3 is 2.40 bits per heavy atom. The van der Waals surface area contributed by atoms with Gasteiger partial charge in [0.05, 0.1) is 17.7 Å². The van der Waals surface area contributed by atoms with E-state index in [0.29, 0.717) is 27.6 Å². The molecule has 0 saturated heterocycles. The number of halogens is 1. The Kier molecular flexibility index (Phi) is 5.48. The second-order valence-electron chi connectivity index (χ2n) is 6.43. The predicted molar refractivity (Wildman–Crippen MR) is 118 cm³/mol. The first-order valence-electron chi connectivity index (χ1n) is 9.05. The van der Waals surface area contributed by atoms with Crippen molar-refractivity contribution in [3.8, 4) is 22.6 Å². The normalized spacial score (nSPS) is 11.3. The largest absolute Gasteiger partial charge is 0.496 e. The molecule has 6 nitrogen and oxygen atoms in total. The highest BCUT2D eigenvalue weighted by molar-refractivity contribution is 7.92. The molecule has 0 amide bonds. The number of hydrogen-bond donors (Lipinski definition) is 1. The molecule has 0 spiro atoms. The van der Waals surface area contributed by atoms with Gasteiger partial charge in [0.15, 0.2) is 5.82 Å². The van der Waals surface area contributed by atoms with E-state index in [1.54, 1.807) is 54.4 Å². The highest BCUT2D eigenvalue weighted by atomic mass is 35.5. The molecule has 0 radical (unpaired) electrons. The number of nitrogens with one attached hydrogen (secondary N) is 1. The van der Waals surface area contributed by atoms with Crippen molar-refractivity contribution < 1.29 is 13.2 Å². The zero-order valence-electron chi connectivity index (χ0n) is 16.0. The number of hydrogen-bond acceptors (Lipinski definition) is 4. The van der Waals surface area contributed by atoms with Gasteiger partial charge in [0.1, 0.15) is 5.75 Å². The lowest BCUT2D eigenvalue weighted by Gasteiger charge is -2.10. The molecule has 4 rings (SSSR count). The van der Waals surface area contributed by atoms with Crippen LogP contribution in [0.2, 0.25) is 5.02 Å². The molecule has 0 bridgehead atoms. The zero-order chi connectivity index (χ0) is 21.1. The van der Waals surface area contributed by atoms with Gasteiger partial charge in [0.2, 0.25) is 0 Å². The van der Waals surface area contributed by atoms with Gasteiger partial charge in [-0.1, -0.05) is 54.1 Å². The molecule has 1 aromatic heterocycles. The molecule has 152 valence electrons. The van der Waals surface area contributed by atoms with Crippen molar-refractivity contribution in [2.75, 3.05) is 11.8 Å². The summed E-state index contributed by atoms with van der Waals surface area (Å²) in [5.41, 5.74) is 1.98. The van der Waals surface area contributed by atoms with E-state index in [1.807, 2.05) is 30.3 Å². The Morgan fingerprint density at radius 1 is 0.933 bits per heavy atom. The Labute approximate surface area is 179 Å². The van der Waals surface area contributed by atoms with Crippen LogP contribution < -0.4 is 9.46 Å². The minimum Gasteiger partial charge on any atom is -0.496 e. The summed E-state index contributed by atoms with van der Waals surface area (Å²) >= 11 is 6.12. The highest BCUT2D eigenvalue weighted by Gasteiger charge is 2.21. The fourth-order valence-corrected chi connectivity index (χ4v) is 4.27. The van der Waals surface area contributed by atoms with Crippen LogP contribution in [0.25, 0.3) is 16.8 Å². The Morgan fingerprint density at radius 2 is 1.67 bits per heavy atom. The van der Waals surface area contributed by atoms with E-state index >= 15 is 0 Å². The van der Waals surface area contributed by atoms with Gasteiger partial charge < -0.3 is 4.74 Å². The molecule has 1 N–H and O–H groups in total. The number of sulfonamides is 1. The van der Waals surface area contributed by atoms with E-state index in [1.165, 1.54) is 12.1 Å². The third-order valence-corrected chi connectivity index (χ3v) is 6.06. The summed E-state index contributed by atoms with van der Waals surface area (Å²) in [7, 11) is -2.27. The van der Waals surface area contributed by atoms with Crippen LogP contribution in [0, 0.1) is 0 Å². The van der Waals surface area contributed by atoms with Crippen LogP contribution in [-0.2, 0) is 10.0 Å². The second kappa shape index (κ2) is 8.22. The lowest BCUT2D eigenvalue weighted by Crippen LogP contribution is -2.14. The van der Waals surface area contributed by atoms with Gasteiger partial charge in [-0.3, -0.25) is 4.72 Å². The number of nitrogens with zero attached hydrogens (tertiary/aromatic N) is 2. The van der Waals surface area contributed by atoms with Crippen LogP contribution in [0.5, 0.6) is 5.75 Å².